The van der Waals surface area contributed by atoms with Crippen LogP contribution in [0.3, 0.4) is 0 Å². The number of anilines is 2. The summed E-state index contributed by atoms with van der Waals surface area (Å²) < 4.78 is 35.1. The molecule has 1 aliphatic rings. The largest absolute Gasteiger partial charge is 0.493 e. The van der Waals surface area contributed by atoms with E-state index in [2.05, 4.69) is 20.2 Å². The molecule has 1 aromatic heterocycles. The van der Waals surface area contributed by atoms with E-state index < -0.39 is 7.37 Å². The molecule has 0 bridgehead atoms. The molecule has 3 aromatic rings. The lowest BCUT2D eigenvalue weighted by atomic mass is 10.2. The van der Waals surface area contributed by atoms with E-state index in [4.69, 9.17) is 18.7 Å². The van der Waals surface area contributed by atoms with Crippen molar-refractivity contribution in [1.29, 1.82) is 0 Å². The number of aromatic nitrogens is 2. The number of hydrogen-bond donors (Lipinski definition) is 1. The van der Waals surface area contributed by atoms with Crippen LogP contribution in [-0.4, -0.2) is 74.7 Å². The molecular weight excluding hydrogens is 467 g/mol. The number of fused-ring (bicyclic) bond motifs is 1. The molecule has 0 spiro atoms. The van der Waals surface area contributed by atoms with Gasteiger partial charge in [0.1, 0.15) is 12.1 Å². The van der Waals surface area contributed by atoms with Gasteiger partial charge in [-0.15, -0.1) is 0 Å². The molecule has 0 saturated carbocycles. The maximum atomic E-state index is 12.7. The zero-order valence-electron chi connectivity index (χ0n) is 20.5. The van der Waals surface area contributed by atoms with E-state index in [0.717, 1.165) is 55.9 Å². The zero-order valence-corrected chi connectivity index (χ0v) is 21.4. The molecule has 9 nitrogen and oxygen atoms in total. The molecule has 2 heterocycles. The fourth-order valence-corrected chi connectivity index (χ4v) is 5.34. The first-order valence-corrected chi connectivity index (χ1v) is 13.9. The monoisotopic (exact) mass is 500 g/mol. The van der Waals surface area contributed by atoms with Crippen LogP contribution in [0.1, 0.15) is 13.3 Å². The highest BCUT2D eigenvalue weighted by molar-refractivity contribution is 7.66. The van der Waals surface area contributed by atoms with Crippen molar-refractivity contribution in [1.82, 2.24) is 14.9 Å². The third kappa shape index (κ3) is 6.49. The Morgan fingerprint density at radius 1 is 1.11 bits per heavy atom. The fraction of sp³-hybridized carbons (Fsp3) is 0.440. The summed E-state index contributed by atoms with van der Waals surface area (Å²) in [5.41, 5.74) is 1.56. The Labute approximate surface area is 206 Å². The topological polar surface area (TPSA) is 95.0 Å². The molecule has 1 unspecified atom stereocenters. The van der Waals surface area contributed by atoms with Crippen LogP contribution in [0.15, 0.2) is 42.7 Å². The van der Waals surface area contributed by atoms with E-state index in [9.17, 15) is 4.57 Å². The number of hydrogen-bond acceptors (Lipinski definition) is 9. The Balaban J connectivity index is 1.49. The summed E-state index contributed by atoms with van der Waals surface area (Å²) in [6.45, 7) is 8.94. The molecule has 0 amide bonds. The number of nitrogens with one attached hydrogen (secondary N) is 1. The van der Waals surface area contributed by atoms with E-state index >= 15 is 0 Å². The molecule has 10 heteroatoms. The lowest BCUT2D eigenvalue weighted by molar-refractivity contribution is 0.0357. The van der Waals surface area contributed by atoms with Gasteiger partial charge >= 0.3 is 0 Å². The van der Waals surface area contributed by atoms with Crippen molar-refractivity contribution >= 4 is 35.1 Å². The smallest absolute Gasteiger partial charge is 0.229 e. The maximum Gasteiger partial charge on any atom is 0.229 e. The number of ether oxygens (including phenoxy) is 3. The highest BCUT2D eigenvalue weighted by Gasteiger charge is 2.18. The first-order valence-electron chi connectivity index (χ1n) is 11.9. The second kappa shape index (κ2) is 11.8. The maximum absolute atomic E-state index is 12.7. The average molecular weight is 501 g/mol. The summed E-state index contributed by atoms with van der Waals surface area (Å²) in [6, 6.07) is 11.1. The van der Waals surface area contributed by atoms with Gasteiger partial charge in [-0.2, -0.15) is 0 Å². The summed E-state index contributed by atoms with van der Waals surface area (Å²) in [4.78, 5) is 11.2. The van der Waals surface area contributed by atoms with Crippen LogP contribution in [0, 0.1) is 0 Å². The van der Waals surface area contributed by atoms with Crippen molar-refractivity contribution in [3.05, 3.63) is 42.7 Å². The minimum atomic E-state index is -2.82. The van der Waals surface area contributed by atoms with Crippen LogP contribution in [0.4, 0.5) is 11.5 Å². The van der Waals surface area contributed by atoms with E-state index in [1.165, 1.54) is 6.33 Å². The standard InChI is InChI=1S/C25H33N4O5P/c1-4-34-35(3,30)20-8-6-19(7-9-20)28-25-21-16-24(23(31-2)17-22(21)26-18-27-25)33-13-5-10-29-11-14-32-15-12-29/h6-9,16-18H,4-5,10-15H2,1-3H3,(H,26,27,28). The molecule has 2 aromatic carbocycles. The van der Waals surface area contributed by atoms with Crippen LogP contribution >= 0.6 is 7.37 Å². The lowest BCUT2D eigenvalue weighted by Crippen LogP contribution is -2.37. The van der Waals surface area contributed by atoms with Crippen molar-refractivity contribution < 1.29 is 23.3 Å². The summed E-state index contributed by atoms with van der Waals surface area (Å²) >= 11 is 0. The van der Waals surface area contributed by atoms with Gasteiger partial charge < -0.3 is 24.1 Å². The van der Waals surface area contributed by atoms with Gasteiger partial charge in [-0.1, -0.05) is 0 Å². The summed E-state index contributed by atoms with van der Waals surface area (Å²) in [5.74, 6) is 1.93. The van der Waals surface area contributed by atoms with Crippen LogP contribution in [0.25, 0.3) is 10.9 Å². The number of nitrogens with zero attached hydrogens (tertiary/aromatic N) is 3. The second-order valence-corrected chi connectivity index (χ2v) is 10.8. The SMILES string of the molecule is CCOP(C)(=O)c1ccc(Nc2ncnc3cc(OC)c(OCCCN4CCOCC4)cc23)cc1. The van der Waals surface area contributed by atoms with Crippen molar-refractivity contribution in [2.24, 2.45) is 0 Å². The highest BCUT2D eigenvalue weighted by atomic mass is 31.2. The van der Waals surface area contributed by atoms with Crippen molar-refractivity contribution in [3.63, 3.8) is 0 Å². The van der Waals surface area contributed by atoms with E-state index in [1.807, 2.05) is 43.3 Å². The fourth-order valence-electron chi connectivity index (χ4n) is 4.00. The summed E-state index contributed by atoms with van der Waals surface area (Å²) in [6.07, 6.45) is 2.42. The first kappa shape index (κ1) is 25.4. The van der Waals surface area contributed by atoms with Gasteiger partial charge in [-0.05, 0) is 43.7 Å². The molecule has 0 radical (unpaired) electrons. The number of benzene rings is 2. The minimum Gasteiger partial charge on any atom is -0.493 e. The average Bonchev–Trinajstić information content (AvgIpc) is 2.87. The van der Waals surface area contributed by atoms with Gasteiger partial charge in [0.2, 0.25) is 7.37 Å². The van der Waals surface area contributed by atoms with Crippen molar-refractivity contribution in [2.45, 2.75) is 13.3 Å². The van der Waals surface area contributed by atoms with Gasteiger partial charge in [-0.25, -0.2) is 9.97 Å². The highest BCUT2D eigenvalue weighted by Crippen LogP contribution is 2.41. The van der Waals surface area contributed by atoms with Crippen LogP contribution in [-0.2, 0) is 13.8 Å². The predicted octanol–water partition coefficient (Wildman–Crippen LogP) is 4.05. The lowest BCUT2D eigenvalue weighted by Gasteiger charge is -2.26. The Morgan fingerprint density at radius 2 is 1.89 bits per heavy atom. The second-order valence-electron chi connectivity index (χ2n) is 8.33. The molecule has 35 heavy (non-hydrogen) atoms. The van der Waals surface area contributed by atoms with Gasteiger partial charge in [0.05, 0.1) is 39.1 Å². The quantitative estimate of drug-likeness (QED) is 0.309. The third-order valence-corrected chi connectivity index (χ3v) is 7.86. The van der Waals surface area contributed by atoms with Gasteiger partial charge in [0.25, 0.3) is 0 Å². The first-order chi connectivity index (χ1) is 17.0. The molecule has 1 fully saturated rings. The van der Waals surface area contributed by atoms with E-state index in [0.29, 0.717) is 35.8 Å². The van der Waals surface area contributed by atoms with Crippen LogP contribution in [0.5, 0.6) is 11.5 Å². The number of methoxy groups -OCH3 is 1. The normalized spacial score (nSPS) is 16.1. The third-order valence-electron chi connectivity index (χ3n) is 5.88. The van der Waals surface area contributed by atoms with Crippen molar-refractivity contribution in [2.75, 3.05) is 65.2 Å². The van der Waals surface area contributed by atoms with Gasteiger partial charge in [0.15, 0.2) is 11.5 Å². The molecular formula is C25H33N4O5P. The Morgan fingerprint density at radius 3 is 2.60 bits per heavy atom. The molecule has 0 aliphatic carbocycles. The van der Waals surface area contributed by atoms with Crippen LogP contribution in [0.2, 0.25) is 0 Å². The Bertz CT molecular complexity index is 1170. The zero-order chi connectivity index (χ0) is 24.7. The van der Waals surface area contributed by atoms with E-state index in [-0.39, 0.29) is 0 Å². The Hall–Kier alpha value is -2.71. The Kier molecular flexibility index (Phi) is 8.57. The predicted molar refractivity (Wildman–Crippen MR) is 138 cm³/mol. The molecule has 4 rings (SSSR count). The number of morpholine rings is 1. The van der Waals surface area contributed by atoms with Crippen LogP contribution < -0.4 is 20.1 Å². The summed E-state index contributed by atoms with van der Waals surface area (Å²) in [5, 5.41) is 4.83. The minimum absolute atomic E-state index is 0.405. The molecule has 1 saturated heterocycles. The molecule has 188 valence electrons. The van der Waals surface area contributed by atoms with Gasteiger partial charge in [0, 0.05) is 48.7 Å². The molecule has 1 atom stereocenters. The number of rotatable bonds is 11. The van der Waals surface area contributed by atoms with Gasteiger partial charge in [-0.3, -0.25) is 9.46 Å². The van der Waals surface area contributed by atoms with Crippen molar-refractivity contribution in [3.8, 4) is 11.5 Å². The molecule has 1 N–H and O–H groups in total. The van der Waals surface area contributed by atoms with E-state index in [1.54, 1.807) is 13.8 Å². The molecule has 1 aliphatic heterocycles. The summed E-state index contributed by atoms with van der Waals surface area (Å²) in [7, 11) is -1.19.